The average Bonchev–Trinajstić information content (AvgIpc) is 3.35. The van der Waals surface area contributed by atoms with Crippen LogP contribution in [-0.4, -0.2) is 33.9 Å². The summed E-state index contributed by atoms with van der Waals surface area (Å²) in [6.07, 6.45) is 2.68. The van der Waals surface area contributed by atoms with Crippen LogP contribution >= 0.6 is 35.3 Å². The summed E-state index contributed by atoms with van der Waals surface area (Å²) in [5, 5.41) is 2.90. The normalized spacial score (nSPS) is 16.1. The van der Waals surface area contributed by atoms with Crippen LogP contribution in [0, 0.1) is 0 Å². The molecule has 2 heterocycles. The third-order valence-corrected chi connectivity index (χ3v) is 6.39. The fourth-order valence-corrected chi connectivity index (χ4v) is 4.35. The molecule has 2 aromatic rings. The van der Waals surface area contributed by atoms with Crippen molar-refractivity contribution in [3.63, 3.8) is 0 Å². The third-order valence-electron chi connectivity index (χ3n) is 4.22. The number of benzene rings is 1. The number of nitrogens with one attached hydrogen (secondary N) is 1. The lowest BCUT2D eigenvalue weighted by atomic mass is 10.1. The molecule has 9 heteroatoms. The Hall–Kier alpha value is -2.36. The predicted octanol–water partition coefficient (Wildman–Crippen LogP) is 4.87. The highest BCUT2D eigenvalue weighted by Crippen LogP contribution is 2.34. The zero-order chi connectivity index (χ0) is 21.7. The van der Waals surface area contributed by atoms with Crippen LogP contribution in [0.2, 0.25) is 0 Å². The number of ether oxygens (including phenoxy) is 2. The number of thiocarbonyl (C=S) groups is 1. The van der Waals surface area contributed by atoms with E-state index in [1.807, 2.05) is 32.0 Å². The fourth-order valence-electron chi connectivity index (χ4n) is 2.56. The van der Waals surface area contributed by atoms with E-state index in [1.165, 1.54) is 11.3 Å². The van der Waals surface area contributed by atoms with Crippen LogP contribution in [-0.2, 0) is 4.79 Å². The van der Waals surface area contributed by atoms with Crippen molar-refractivity contribution in [3.8, 4) is 11.5 Å². The molecule has 1 aromatic heterocycles. The molecule has 1 aromatic carbocycles. The molecule has 1 saturated heterocycles. The van der Waals surface area contributed by atoms with E-state index in [0.717, 1.165) is 28.8 Å². The van der Waals surface area contributed by atoms with Crippen molar-refractivity contribution in [1.82, 2.24) is 10.4 Å². The molecular formula is C21H22N2O4S3. The summed E-state index contributed by atoms with van der Waals surface area (Å²) < 4.78 is 11.9. The lowest BCUT2D eigenvalue weighted by Crippen LogP contribution is -2.44. The molecule has 0 radical (unpaired) electrons. The Bertz CT molecular complexity index is 973. The van der Waals surface area contributed by atoms with E-state index in [-0.39, 0.29) is 22.2 Å². The van der Waals surface area contributed by atoms with Crippen LogP contribution < -0.4 is 14.9 Å². The number of hydrogen-bond acceptors (Lipinski definition) is 7. The van der Waals surface area contributed by atoms with Crippen molar-refractivity contribution >= 4 is 57.5 Å². The van der Waals surface area contributed by atoms with Crippen LogP contribution in [0.25, 0.3) is 6.08 Å². The Morgan fingerprint density at radius 1 is 1.30 bits per heavy atom. The van der Waals surface area contributed by atoms with E-state index in [1.54, 1.807) is 23.6 Å². The molecule has 3 rings (SSSR count). The second-order valence-electron chi connectivity index (χ2n) is 6.41. The van der Waals surface area contributed by atoms with Gasteiger partial charge in [-0.15, -0.1) is 11.3 Å². The molecule has 0 unspecified atom stereocenters. The van der Waals surface area contributed by atoms with Gasteiger partial charge >= 0.3 is 0 Å². The van der Waals surface area contributed by atoms with Crippen molar-refractivity contribution in [2.24, 2.45) is 0 Å². The van der Waals surface area contributed by atoms with Crippen LogP contribution in [0.1, 0.15) is 42.4 Å². The quantitative estimate of drug-likeness (QED) is 0.446. The van der Waals surface area contributed by atoms with Gasteiger partial charge in [0.05, 0.1) is 22.5 Å². The Kier molecular flexibility index (Phi) is 7.52. The highest BCUT2D eigenvalue weighted by Gasteiger charge is 2.34. The first-order chi connectivity index (χ1) is 14.4. The highest BCUT2D eigenvalue weighted by molar-refractivity contribution is 8.26. The smallest absolute Gasteiger partial charge is 0.285 e. The van der Waals surface area contributed by atoms with Crippen molar-refractivity contribution in [2.75, 3.05) is 6.61 Å². The van der Waals surface area contributed by atoms with Gasteiger partial charge in [-0.25, -0.2) is 0 Å². The molecule has 1 aliphatic rings. The lowest BCUT2D eigenvalue weighted by Gasteiger charge is -2.16. The summed E-state index contributed by atoms with van der Waals surface area (Å²) >= 11 is 7.71. The van der Waals surface area contributed by atoms with Crippen LogP contribution in [0.5, 0.6) is 11.5 Å². The molecule has 0 saturated carbocycles. The summed E-state index contributed by atoms with van der Waals surface area (Å²) in [6.45, 7) is 6.45. The first-order valence-corrected chi connectivity index (χ1v) is 11.6. The van der Waals surface area contributed by atoms with Crippen molar-refractivity contribution in [2.45, 2.75) is 33.3 Å². The number of amides is 2. The van der Waals surface area contributed by atoms with Gasteiger partial charge in [0, 0.05) is 0 Å². The van der Waals surface area contributed by atoms with E-state index < -0.39 is 0 Å². The molecular weight excluding hydrogens is 440 g/mol. The van der Waals surface area contributed by atoms with Crippen molar-refractivity contribution < 1.29 is 19.1 Å². The summed E-state index contributed by atoms with van der Waals surface area (Å²) in [5.41, 5.74) is 3.35. The number of carbonyl (C=O) groups excluding carboxylic acids is 2. The molecule has 1 aliphatic heterocycles. The van der Waals surface area contributed by atoms with Gasteiger partial charge in [0.25, 0.3) is 11.8 Å². The highest BCUT2D eigenvalue weighted by atomic mass is 32.2. The number of hydrazine groups is 1. The molecule has 0 bridgehead atoms. The number of nitrogens with zero attached hydrogens (tertiary/aromatic N) is 1. The largest absolute Gasteiger partial charge is 0.490 e. The van der Waals surface area contributed by atoms with Crippen molar-refractivity contribution in [1.29, 1.82) is 0 Å². The second-order valence-corrected chi connectivity index (χ2v) is 9.03. The van der Waals surface area contributed by atoms with Gasteiger partial charge in [0.15, 0.2) is 15.8 Å². The Morgan fingerprint density at radius 2 is 2.10 bits per heavy atom. The number of carbonyl (C=O) groups is 2. The van der Waals surface area contributed by atoms with Gasteiger partial charge in [-0.1, -0.05) is 30.8 Å². The molecule has 0 spiro atoms. The van der Waals surface area contributed by atoms with E-state index in [0.29, 0.717) is 27.9 Å². The number of thiophene rings is 1. The molecule has 2 amide bonds. The molecule has 6 nitrogen and oxygen atoms in total. The Balaban J connectivity index is 1.79. The average molecular weight is 463 g/mol. The maximum absolute atomic E-state index is 12.8. The molecule has 30 heavy (non-hydrogen) atoms. The molecule has 158 valence electrons. The van der Waals surface area contributed by atoms with Gasteiger partial charge in [-0.05, 0) is 67.7 Å². The molecule has 1 N–H and O–H groups in total. The minimum absolute atomic E-state index is 0.0678. The lowest BCUT2D eigenvalue weighted by molar-refractivity contribution is -0.123. The van der Waals surface area contributed by atoms with Crippen LogP contribution in [0.4, 0.5) is 0 Å². The van der Waals surface area contributed by atoms with Crippen molar-refractivity contribution in [3.05, 3.63) is 51.1 Å². The van der Waals surface area contributed by atoms with Gasteiger partial charge in [-0.2, -0.15) is 5.01 Å². The number of rotatable bonds is 8. The monoisotopic (exact) mass is 462 g/mol. The molecule has 0 aliphatic carbocycles. The van der Waals surface area contributed by atoms with Gasteiger partial charge in [-0.3, -0.25) is 15.0 Å². The third kappa shape index (κ3) is 5.21. The molecule has 1 fully saturated rings. The molecule has 1 atom stereocenters. The van der Waals surface area contributed by atoms with E-state index in [2.05, 4.69) is 12.3 Å². The zero-order valence-electron chi connectivity index (χ0n) is 16.8. The van der Waals surface area contributed by atoms with Gasteiger partial charge < -0.3 is 9.47 Å². The number of thioether (sulfide) groups is 1. The SMILES string of the molecule is CCOc1cc(/C=C2/SC(=S)N(NC(=O)c3cccs3)C2=O)ccc1O[C@@H](C)CC. The summed E-state index contributed by atoms with van der Waals surface area (Å²) in [6, 6.07) is 8.98. The second kappa shape index (κ2) is 10.1. The minimum Gasteiger partial charge on any atom is -0.490 e. The Morgan fingerprint density at radius 3 is 2.77 bits per heavy atom. The first-order valence-electron chi connectivity index (χ1n) is 9.48. The summed E-state index contributed by atoms with van der Waals surface area (Å²) in [5.74, 6) is 0.549. The van der Waals surface area contributed by atoms with Crippen LogP contribution in [0.15, 0.2) is 40.6 Å². The van der Waals surface area contributed by atoms with Gasteiger partial charge in [0.2, 0.25) is 0 Å². The fraction of sp³-hybridized carbons (Fsp3) is 0.286. The summed E-state index contributed by atoms with van der Waals surface area (Å²) in [7, 11) is 0. The maximum atomic E-state index is 12.8. The first kappa shape index (κ1) is 22.3. The van der Waals surface area contributed by atoms with E-state index in [9.17, 15) is 9.59 Å². The standard InChI is InChI=1S/C21H22N2O4S3/c1-4-13(3)27-15-9-8-14(11-16(15)26-5-2)12-18-20(25)23(21(28)30-18)22-19(24)17-7-6-10-29-17/h6-13H,4-5H2,1-3H3,(H,22,24)/b18-12+/t13-/m0/s1. The van der Waals surface area contributed by atoms with E-state index >= 15 is 0 Å². The number of hydrogen-bond donors (Lipinski definition) is 1. The Labute approximate surface area is 189 Å². The minimum atomic E-state index is -0.368. The zero-order valence-corrected chi connectivity index (χ0v) is 19.3. The predicted molar refractivity (Wildman–Crippen MR) is 125 cm³/mol. The summed E-state index contributed by atoms with van der Waals surface area (Å²) in [4.78, 5) is 26.0. The van der Waals surface area contributed by atoms with Gasteiger partial charge in [0.1, 0.15) is 0 Å². The van der Waals surface area contributed by atoms with E-state index in [4.69, 9.17) is 21.7 Å². The van der Waals surface area contributed by atoms with Crippen LogP contribution in [0.3, 0.4) is 0 Å². The maximum Gasteiger partial charge on any atom is 0.285 e. The topological polar surface area (TPSA) is 67.9 Å².